The summed E-state index contributed by atoms with van der Waals surface area (Å²) in [7, 11) is 0. The molecule has 2 aliphatic rings. The van der Waals surface area contributed by atoms with Crippen molar-refractivity contribution in [3.63, 3.8) is 0 Å². The van der Waals surface area contributed by atoms with Gasteiger partial charge in [0, 0.05) is 44.3 Å². The molecule has 10 heteroatoms. The first-order valence-corrected chi connectivity index (χ1v) is 10.1. The Bertz CT molecular complexity index is 726. The summed E-state index contributed by atoms with van der Waals surface area (Å²) in [6.07, 6.45) is -2.02. The predicted molar refractivity (Wildman–Crippen MR) is 122 cm³/mol. The van der Waals surface area contributed by atoms with E-state index in [4.69, 9.17) is 0 Å². The van der Waals surface area contributed by atoms with Gasteiger partial charge in [-0.05, 0) is 37.5 Å². The lowest BCUT2D eigenvalue weighted by Crippen LogP contribution is -2.45. The summed E-state index contributed by atoms with van der Waals surface area (Å²) in [4.78, 5) is 19.6. The van der Waals surface area contributed by atoms with Gasteiger partial charge in [-0.2, -0.15) is 13.2 Å². The van der Waals surface area contributed by atoms with Crippen LogP contribution in [-0.4, -0.2) is 61.7 Å². The van der Waals surface area contributed by atoms with Gasteiger partial charge in [-0.1, -0.05) is 12.1 Å². The molecule has 1 unspecified atom stereocenters. The van der Waals surface area contributed by atoms with E-state index in [-0.39, 0.29) is 35.9 Å². The number of anilines is 1. The molecule has 30 heavy (non-hydrogen) atoms. The SMILES string of the molecule is CCNC(=NCc1ccc(N2CCCC2=O)cc1)NC1CCN(CC(F)(F)F)C1.I. The maximum atomic E-state index is 12.6. The number of amides is 1. The van der Waals surface area contributed by atoms with Crippen molar-refractivity contribution in [2.45, 2.75) is 44.9 Å². The number of rotatable bonds is 6. The number of guanidine groups is 1. The number of aliphatic imine (C=N–C) groups is 1. The van der Waals surface area contributed by atoms with E-state index in [0.29, 0.717) is 45.0 Å². The molecular weight excluding hydrogens is 510 g/mol. The third-order valence-electron chi connectivity index (χ3n) is 5.10. The van der Waals surface area contributed by atoms with Crippen molar-refractivity contribution in [2.24, 2.45) is 4.99 Å². The lowest BCUT2D eigenvalue weighted by molar-refractivity contribution is -0.143. The monoisotopic (exact) mass is 539 g/mol. The summed E-state index contributed by atoms with van der Waals surface area (Å²) in [5.41, 5.74) is 1.91. The van der Waals surface area contributed by atoms with Gasteiger partial charge in [0.15, 0.2) is 5.96 Å². The van der Waals surface area contributed by atoms with Crippen molar-refractivity contribution < 1.29 is 18.0 Å². The first-order chi connectivity index (χ1) is 13.8. The number of carbonyl (C=O) groups excluding carboxylic acids is 1. The maximum absolute atomic E-state index is 12.6. The van der Waals surface area contributed by atoms with Gasteiger partial charge < -0.3 is 15.5 Å². The normalized spacial score (nSPS) is 20.4. The van der Waals surface area contributed by atoms with Gasteiger partial charge in [0.25, 0.3) is 0 Å². The average Bonchev–Trinajstić information content (AvgIpc) is 3.28. The van der Waals surface area contributed by atoms with E-state index in [1.54, 1.807) is 4.90 Å². The van der Waals surface area contributed by atoms with E-state index in [1.807, 2.05) is 31.2 Å². The van der Waals surface area contributed by atoms with Crippen LogP contribution in [0.4, 0.5) is 18.9 Å². The van der Waals surface area contributed by atoms with E-state index in [9.17, 15) is 18.0 Å². The summed E-state index contributed by atoms with van der Waals surface area (Å²) in [5, 5.41) is 6.39. The van der Waals surface area contributed by atoms with Gasteiger partial charge in [0.1, 0.15) is 0 Å². The average molecular weight is 539 g/mol. The largest absolute Gasteiger partial charge is 0.401 e. The highest BCUT2D eigenvalue weighted by atomic mass is 127. The van der Waals surface area contributed by atoms with Crippen LogP contribution in [0.25, 0.3) is 0 Å². The van der Waals surface area contributed by atoms with Crippen LogP contribution in [0.1, 0.15) is 31.7 Å². The third-order valence-corrected chi connectivity index (χ3v) is 5.10. The molecule has 2 N–H and O–H groups in total. The number of alkyl halides is 3. The fourth-order valence-corrected chi connectivity index (χ4v) is 3.73. The molecule has 2 fully saturated rings. The number of hydrogen-bond acceptors (Lipinski definition) is 3. The van der Waals surface area contributed by atoms with Crippen LogP contribution in [-0.2, 0) is 11.3 Å². The minimum atomic E-state index is -4.17. The Morgan fingerprint density at radius 1 is 1.23 bits per heavy atom. The number of likely N-dealkylation sites (tertiary alicyclic amines) is 1. The smallest absolute Gasteiger partial charge is 0.357 e. The molecular formula is C20H29F3IN5O. The Morgan fingerprint density at radius 2 is 1.97 bits per heavy atom. The van der Waals surface area contributed by atoms with Crippen LogP contribution in [0.2, 0.25) is 0 Å². The number of carbonyl (C=O) groups is 1. The number of hydrogen-bond donors (Lipinski definition) is 2. The van der Waals surface area contributed by atoms with Crippen molar-refractivity contribution in [1.29, 1.82) is 0 Å². The number of halogens is 4. The van der Waals surface area contributed by atoms with Gasteiger partial charge in [-0.15, -0.1) is 24.0 Å². The molecule has 0 radical (unpaired) electrons. The maximum Gasteiger partial charge on any atom is 0.401 e. The van der Waals surface area contributed by atoms with Gasteiger partial charge in [-0.25, -0.2) is 4.99 Å². The van der Waals surface area contributed by atoms with Crippen molar-refractivity contribution in [2.75, 3.05) is 37.6 Å². The molecule has 1 aromatic carbocycles. The molecule has 6 nitrogen and oxygen atoms in total. The van der Waals surface area contributed by atoms with Crippen LogP contribution < -0.4 is 15.5 Å². The van der Waals surface area contributed by atoms with Crippen LogP contribution in [0, 0.1) is 0 Å². The highest BCUT2D eigenvalue weighted by Gasteiger charge is 2.34. The summed E-state index contributed by atoms with van der Waals surface area (Å²) >= 11 is 0. The Kier molecular flexibility index (Phi) is 9.20. The topological polar surface area (TPSA) is 60.0 Å². The molecule has 2 aliphatic heterocycles. The second kappa shape index (κ2) is 11.2. The summed E-state index contributed by atoms with van der Waals surface area (Å²) < 4.78 is 37.7. The van der Waals surface area contributed by atoms with Crippen molar-refractivity contribution in [3.05, 3.63) is 29.8 Å². The zero-order chi connectivity index (χ0) is 20.9. The van der Waals surface area contributed by atoms with Gasteiger partial charge in [-0.3, -0.25) is 9.69 Å². The summed E-state index contributed by atoms with van der Waals surface area (Å²) in [6.45, 7) is 3.73. The predicted octanol–water partition coefficient (Wildman–Crippen LogP) is 3.12. The molecule has 1 aromatic rings. The molecule has 0 spiro atoms. The minimum absolute atomic E-state index is 0. The molecule has 3 rings (SSSR count). The van der Waals surface area contributed by atoms with Crippen LogP contribution in [0.5, 0.6) is 0 Å². The van der Waals surface area contributed by atoms with E-state index >= 15 is 0 Å². The van der Waals surface area contributed by atoms with Crippen molar-refractivity contribution in [1.82, 2.24) is 15.5 Å². The molecule has 2 saturated heterocycles. The molecule has 0 bridgehead atoms. The third kappa shape index (κ3) is 7.29. The van der Waals surface area contributed by atoms with Gasteiger partial charge >= 0.3 is 6.18 Å². The van der Waals surface area contributed by atoms with E-state index < -0.39 is 12.7 Å². The van der Waals surface area contributed by atoms with Crippen LogP contribution in [0.3, 0.4) is 0 Å². The second-order valence-corrected chi connectivity index (χ2v) is 7.49. The van der Waals surface area contributed by atoms with Crippen molar-refractivity contribution in [3.8, 4) is 0 Å². The van der Waals surface area contributed by atoms with Crippen LogP contribution >= 0.6 is 24.0 Å². The summed E-state index contributed by atoms with van der Waals surface area (Å²) in [5.74, 6) is 0.760. The minimum Gasteiger partial charge on any atom is -0.357 e. The fourth-order valence-electron chi connectivity index (χ4n) is 3.73. The zero-order valence-electron chi connectivity index (χ0n) is 17.0. The summed E-state index contributed by atoms with van der Waals surface area (Å²) in [6, 6.07) is 7.71. The van der Waals surface area contributed by atoms with Crippen molar-refractivity contribution >= 4 is 41.5 Å². The number of nitrogens with one attached hydrogen (secondary N) is 2. The molecule has 0 aromatic heterocycles. The Balaban J connectivity index is 0.00000320. The number of benzene rings is 1. The van der Waals surface area contributed by atoms with Gasteiger partial charge in [0.2, 0.25) is 5.91 Å². The molecule has 0 aliphatic carbocycles. The number of nitrogens with zero attached hydrogens (tertiary/aromatic N) is 3. The molecule has 1 amide bonds. The Hall–Kier alpha value is -1.56. The van der Waals surface area contributed by atoms with E-state index in [0.717, 1.165) is 24.2 Å². The molecule has 0 saturated carbocycles. The first kappa shape index (κ1) is 24.7. The quantitative estimate of drug-likeness (QED) is 0.332. The molecule has 2 heterocycles. The lowest BCUT2D eigenvalue weighted by atomic mass is 10.2. The Morgan fingerprint density at radius 3 is 2.57 bits per heavy atom. The zero-order valence-corrected chi connectivity index (χ0v) is 19.4. The highest BCUT2D eigenvalue weighted by molar-refractivity contribution is 14.0. The van der Waals surface area contributed by atoms with Crippen LogP contribution in [0.15, 0.2) is 29.3 Å². The van der Waals surface area contributed by atoms with Gasteiger partial charge in [0.05, 0.1) is 13.1 Å². The Labute approximate surface area is 192 Å². The highest BCUT2D eigenvalue weighted by Crippen LogP contribution is 2.22. The standard InChI is InChI=1S/C20H28F3N5O.HI/c1-2-24-19(26-16-9-11-27(13-16)14-20(21,22)23)25-12-15-5-7-17(8-6-15)28-10-3-4-18(28)29;/h5-8,16H,2-4,9-14H2,1H3,(H2,24,25,26);1H. The first-order valence-electron chi connectivity index (χ1n) is 10.1. The molecule has 1 atom stereocenters. The van der Waals surface area contributed by atoms with E-state index in [1.165, 1.54) is 4.90 Å². The fraction of sp³-hybridized carbons (Fsp3) is 0.600. The molecule has 168 valence electrons. The second-order valence-electron chi connectivity index (χ2n) is 7.49. The van der Waals surface area contributed by atoms with E-state index in [2.05, 4.69) is 15.6 Å². The lowest BCUT2D eigenvalue weighted by Gasteiger charge is -2.20.